The van der Waals surface area contributed by atoms with Gasteiger partial charge in [0.2, 0.25) is 11.2 Å². The van der Waals surface area contributed by atoms with Crippen LogP contribution < -0.4 is 16.8 Å². The Balaban J connectivity index is 0.000000166. The highest BCUT2D eigenvalue weighted by Gasteiger charge is 2.07. The fraction of sp³-hybridized carbons (Fsp3) is 0.176. The van der Waals surface area contributed by atoms with Crippen molar-refractivity contribution in [3.05, 3.63) is 41.9 Å². The highest BCUT2D eigenvalue weighted by Crippen LogP contribution is 2.18. The Hall–Kier alpha value is -3.73. The van der Waals surface area contributed by atoms with E-state index in [2.05, 4.69) is 35.5 Å². The van der Waals surface area contributed by atoms with E-state index in [4.69, 9.17) is 23.1 Å². The van der Waals surface area contributed by atoms with Crippen molar-refractivity contribution in [2.24, 2.45) is 14.1 Å². The molecule has 150 valence electrons. The molecule has 0 saturated carbocycles. The Morgan fingerprint density at radius 1 is 0.828 bits per heavy atom. The summed E-state index contributed by atoms with van der Waals surface area (Å²) < 4.78 is 3.18. The molecule has 0 aliphatic carbocycles. The Morgan fingerprint density at radius 3 is 1.79 bits per heavy atom. The van der Waals surface area contributed by atoms with E-state index in [1.165, 1.54) is 0 Å². The first-order valence-electron chi connectivity index (χ1n) is 8.46. The smallest absolute Gasteiger partial charge is 0.222 e. The lowest BCUT2D eigenvalue weighted by Crippen LogP contribution is -1.98. The van der Waals surface area contributed by atoms with Crippen LogP contribution in [0.25, 0.3) is 22.8 Å². The Labute approximate surface area is 171 Å². The molecule has 0 aromatic carbocycles. The minimum absolute atomic E-state index is 0.201. The zero-order chi connectivity index (χ0) is 21.0. The van der Waals surface area contributed by atoms with Gasteiger partial charge in [-0.05, 0) is 23.7 Å². The van der Waals surface area contributed by atoms with E-state index in [1.54, 1.807) is 67.2 Å². The standard InChI is InChI=1S/C9H12N6.C8H8ClN5/c1-11-9-12-4-3-6(13-9)7-5-8(10)15(2)14-7;1-14-7(10)4-6(13-14)5-2-3-11-8(9)12-5/h3-5H,10H2,1-2H3,(H,11,12,13);2-4H,10H2,1H3. The summed E-state index contributed by atoms with van der Waals surface area (Å²) in [5, 5.41) is 11.5. The molecule has 0 aliphatic heterocycles. The molecule has 5 N–H and O–H groups in total. The molecule has 0 aliphatic rings. The summed E-state index contributed by atoms with van der Waals surface area (Å²) in [6.45, 7) is 0. The van der Waals surface area contributed by atoms with Crippen molar-refractivity contribution in [3.63, 3.8) is 0 Å². The largest absolute Gasteiger partial charge is 0.384 e. The Kier molecular flexibility index (Phi) is 5.88. The van der Waals surface area contributed by atoms with E-state index in [1.807, 2.05) is 0 Å². The highest BCUT2D eigenvalue weighted by molar-refractivity contribution is 6.28. The van der Waals surface area contributed by atoms with Gasteiger partial charge in [-0.1, -0.05) is 0 Å². The van der Waals surface area contributed by atoms with Crippen LogP contribution in [0.4, 0.5) is 17.6 Å². The van der Waals surface area contributed by atoms with Crippen LogP contribution in [0.3, 0.4) is 0 Å². The van der Waals surface area contributed by atoms with Gasteiger partial charge in [0, 0.05) is 45.7 Å². The maximum Gasteiger partial charge on any atom is 0.222 e. The average Bonchev–Trinajstić information content (AvgIpc) is 3.24. The number of rotatable bonds is 3. The second kappa shape index (κ2) is 8.52. The van der Waals surface area contributed by atoms with Crippen molar-refractivity contribution >= 4 is 29.2 Å². The van der Waals surface area contributed by atoms with Crippen LogP contribution >= 0.6 is 11.6 Å². The zero-order valence-corrected chi connectivity index (χ0v) is 16.8. The molecule has 0 atom stereocenters. The number of hydrogen-bond acceptors (Lipinski definition) is 9. The number of nitrogens with zero attached hydrogens (tertiary/aromatic N) is 8. The van der Waals surface area contributed by atoms with Crippen LogP contribution in [0.2, 0.25) is 5.28 Å². The summed E-state index contributed by atoms with van der Waals surface area (Å²) in [4.78, 5) is 16.1. The van der Waals surface area contributed by atoms with Crippen molar-refractivity contribution in [1.29, 1.82) is 0 Å². The van der Waals surface area contributed by atoms with Gasteiger partial charge in [0.05, 0.1) is 11.4 Å². The number of halogens is 1. The molecule has 4 rings (SSSR count). The molecule has 4 aromatic rings. The van der Waals surface area contributed by atoms with Gasteiger partial charge < -0.3 is 16.8 Å². The lowest BCUT2D eigenvalue weighted by Gasteiger charge is -1.99. The molecule has 0 saturated heterocycles. The summed E-state index contributed by atoms with van der Waals surface area (Å²) in [5.74, 6) is 1.75. The summed E-state index contributed by atoms with van der Waals surface area (Å²) in [5.41, 5.74) is 14.2. The van der Waals surface area contributed by atoms with Crippen molar-refractivity contribution in [2.45, 2.75) is 0 Å². The lowest BCUT2D eigenvalue weighted by atomic mass is 10.3. The first-order chi connectivity index (χ1) is 13.9. The van der Waals surface area contributed by atoms with Gasteiger partial charge in [-0.15, -0.1) is 0 Å². The van der Waals surface area contributed by atoms with Crippen molar-refractivity contribution in [2.75, 3.05) is 23.8 Å². The Morgan fingerprint density at radius 2 is 1.34 bits per heavy atom. The van der Waals surface area contributed by atoms with Gasteiger partial charge in [0.1, 0.15) is 23.0 Å². The summed E-state index contributed by atoms with van der Waals surface area (Å²) in [7, 11) is 5.33. The predicted octanol–water partition coefficient (Wildman–Crippen LogP) is 1.61. The average molecular weight is 414 g/mol. The van der Waals surface area contributed by atoms with E-state index in [9.17, 15) is 0 Å². The molecule has 0 unspecified atom stereocenters. The minimum Gasteiger partial charge on any atom is -0.384 e. The quantitative estimate of drug-likeness (QED) is 0.425. The van der Waals surface area contributed by atoms with E-state index < -0.39 is 0 Å². The van der Waals surface area contributed by atoms with Crippen LogP contribution in [0.15, 0.2) is 36.7 Å². The van der Waals surface area contributed by atoms with Gasteiger partial charge in [-0.3, -0.25) is 9.36 Å². The highest BCUT2D eigenvalue weighted by atomic mass is 35.5. The summed E-state index contributed by atoms with van der Waals surface area (Å²) in [6.07, 6.45) is 3.26. The molecule has 0 bridgehead atoms. The van der Waals surface area contributed by atoms with Crippen LogP contribution in [-0.2, 0) is 14.1 Å². The monoisotopic (exact) mass is 413 g/mol. The maximum atomic E-state index is 5.69. The molecular weight excluding hydrogens is 394 g/mol. The van der Waals surface area contributed by atoms with Crippen molar-refractivity contribution < 1.29 is 0 Å². The predicted molar refractivity (Wildman–Crippen MR) is 112 cm³/mol. The number of nitrogens with one attached hydrogen (secondary N) is 1. The normalized spacial score (nSPS) is 10.3. The third-order valence-corrected chi connectivity index (χ3v) is 4.04. The summed E-state index contributed by atoms with van der Waals surface area (Å²) >= 11 is 5.65. The van der Waals surface area contributed by atoms with Crippen LogP contribution in [0.1, 0.15) is 0 Å². The third-order valence-electron chi connectivity index (χ3n) is 3.86. The van der Waals surface area contributed by atoms with Crippen molar-refractivity contribution in [1.82, 2.24) is 39.5 Å². The Bertz CT molecular complexity index is 1080. The first kappa shape index (κ1) is 20.0. The van der Waals surface area contributed by atoms with Gasteiger partial charge in [0.25, 0.3) is 0 Å². The van der Waals surface area contributed by atoms with Gasteiger partial charge in [0.15, 0.2) is 0 Å². The number of hydrogen-bond donors (Lipinski definition) is 3. The second-order valence-corrected chi connectivity index (χ2v) is 6.22. The first-order valence-corrected chi connectivity index (χ1v) is 8.84. The molecule has 29 heavy (non-hydrogen) atoms. The maximum absolute atomic E-state index is 5.69. The van der Waals surface area contributed by atoms with Gasteiger partial charge in [-0.25, -0.2) is 19.9 Å². The van der Waals surface area contributed by atoms with E-state index >= 15 is 0 Å². The zero-order valence-electron chi connectivity index (χ0n) is 16.1. The molecule has 4 heterocycles. The topological polar surface area (TPSA) is 151 Å². The van der Waals surface area contributed by atoms with Crippen LogP contribution in [-0.4, -0.2) is 46.5 Å². The van der Waals surface area contributed by atoms with E-state index in [0.29, 0.717) is 29.0 Å². The molecular formula is C17H20ClN11. The number of aromatic nitrogens is 8. The molecule has 0 amide bonds. The van der Waals surface area contributed by atoms with Crippen molar-refractivity contribution in [3.8, 4) is 22.8 Å². The number of aryl methyl sites for hydroxylation is 2. The SMILES string of the molecule is CNc1nccc(-c2cc(N)n(C)n2)n1.Cn1nc(-c2ccnc(Cl)n2)cc1N. The summed E-state index contributed by atoms with van der Waals surface area (Å²) in [6, 6.07) is 7.04. The molecule has 0 fully saturated rings. The van der Waals surface area contributed by atoms with Gasteiger partial charge >= 0.3 is 0 Å². The van der Waals surface area contributed by atoms with Gasteiger partial charge in [-0.2, -0.15) is 10.2 Å². The second-order valence-electron chi connectivity index (χ2n) is 5.88. The number of nitrogens with two attached hydrogens (primary N) is 2. The lowest BCUT2D eigenvalue weighted by molar-refractivity contribution is 0.781. The third kappa shape index (κ3) is 4.76. The fourth-order valence-electron chi connectivity index (χ4n) is 2.31. The van der Waals surface area contributed by atoms with E-state index in [0.717, 1.165) is 11.4 Å². The molecule has 4 aromatic heterocycles. The molecule has 0 spiro atoms. The molecule has 11 nitrogen and oxygen atoms in total. The van der Waals surface area contributed by atoms with Crippen LogP contribution in [0, 0.1) is 0 Å². The number of anilines is 3. The fourth-order valence-corrected chi connectivity index (χ4v) is 2.46. The number of nitrogen functional groups attached to an aromatic ring is 2. The van der Waals surface area contributed by atoms with Crippen LogP contribution in [0.5, 0.6) is 0 Å². The molecule has 0 radical (unpaired) electrons. The van der Waals surface area contributed by atoms with E-state index in [-0.39, 0.29) is 5.28 Å². The molecule has 12 heteroatoms. The minimum atomic E-state index is 0.201.